The van der Waals surface area contributed by atoms with Crippen molar-refractivity contribution in [3.8, 4) is 0 Å². The van der Waals surface area contributed by atoms with E-state index in [2.05, 4.69) is 4.90 Å². The second kappa shape index (κ2) is 7.80. The van der Waals surface area contributed by atoms with E-state index in [1.807, 2.05) is 18.2 Å². The van der Waals surface area contributed by atoms with Crippen LogP contribution in [-0.4, -0.2) is 43.9 Å². The van der Waals surface area contributed by atoms with Crippen molar-refractivity contribution in [1.82, 2.24) is 9.29 Å². The molecule has 0 radical (unpaired) electrons. The van der Waals surface area contributed by atoms with Gasteiger partial charge in [-0.1, -0.05) is 40.6 Å². The summed E-state index contributed by atoms with van der Waals surface area (Å²) in [6, 6.07) is 10.7. The number of fused-ring (bicyclic) bond motifs is 1. The number of anilines is 1. The smallest absolute Gasteiger partial charge is 0.243 e. The third-order valence-corrected chi connectivity index (χ3v) is 8.67. The minimum absolute atomic E-state index is 0.281. The lowest BCUT2D eigenvalue weighted by Crippen LogP contribution is -2.35. The molecule has 28 heavy (non-hydrogen) atoms. The Balaban J connectivity index is 1.57. The van der Waals surface area contributed by atoms with E-state index in [1.54, 1.807) is 40.8 Å². The van der Waals surface area contributed by atoms with Crippen LogP contribution in [0, 0.1) is 6.92 Å². The number of hydrogen-bond acceptors (Lipinski definition) is 5. The summed E-state index contributed by atoms with van der Waals surface area (Å²) in [7, 11) is -3.59. The van der Waals surface area contributed by atoms with Gasteiger partial charge in [0.15, 0.2) is 5.13 Å². The highest BCUT2D eigenvalue weighted by Crippen LogP contribution is 2.32. The Kier molecular flexibility index (Phi) is 5.55. The van der Waals surface area contributed by atoms with Gasteiger partial charge in [0.05, 0.1) is 15.1 Å². The normalized spacial score (nSPS) is 16.5. The highest BCUT2D eigenvalue weighted by atomic mass is 35.5. The Labute approximate surface area is 178 Å². The summed E-state index contributed by atoms with van der Waals surface area (Å²) >= 11 is 13.8. The van der Waals surface area contributed by atoms with Crippen LogP contribution in [0.15, 0.2) is 41.3 Å². The predicted octanol–water partition coefficient (Wildman–Crippen LogP) is 4.81. The number of halogens is 2. The summed E-state index contributed by atoms with van der Waals surface area (Å²) in [6.07, 6.45) is 0.732. The predicted molar refractivity (Wildman–Crippen MR) is 116 cm³/mol. The number of nitrogens with zero attached hydrogens (tertiary/aromatic N) is 3. The van der Waals surface area contributed by atoms with Crippen LogP contribution in [-0.2, 0) is 10.0 Å². The molecule has 1 fully saturated rings. The van der Waals surface area contributed by atoms with E-state index >= 15 is 0 Å². The van der Waals surface area contributed by atoms with Crippen molar-refractivity contribution in [1.29, 1.82) is 0 Å². The molecular formula is C19H19Cl2N3O2S2. The zero-order valence-electron chi connectivity index (χ0n) is 15.2. The fourth-order valence-corrected chi connectivity index (χ4v) is 6.59. The van der Waals surface area contributed by atoms with Crippen molar-refractivity contribution in [2.24, 2.45) is 0 Å². The molecule has 0 saturated carbocycles. The maximum absolute atomic E-state index is 13.2. The molecule has 2 aromatic carbocycles. The van der Waals surface area contributed by atoms with Crippen molar-refractivity contribution >= 4 is 59.9 Å². The molecule has 1 saturated heterocycles. The zero-order valence-corrected chi connectivity index (χ0v) is 18.4. The Morgan fingerprint density at radius 1 is 1.07 bits per heavy atom. The van der Waals surface area contributed by atoms with Gasteiger partial charge < -0.3 is 4.90 Å². The van der Waals surface area contributed by atoms with E-state index in [0.29, 0.717) is 35.2 Å². The molecule has 1 aliphatic rings. The van der Waals surface area contributed by atoms with Gasteiger partial charge in [0.25, 0.3) is 0 Å². The van der Waals surface area contributed by atoms with Crippen molar-refractivity contribution in [2.75, 3.05) is 31.1 Å². The third-order valence-electron chi connectivity index (χ3n) is 4.90. The van der Waals surface area contributed by atoms with Gasteiger partial charge in [-0.3, -0.25) is 0 Å². The number of aromatic nitrogens is 1. The standard InChI is InChI=1S/C19H19Cl2N3O2S2/c1-13-15(21)4-2-5-18(13)28(25,26)24-9-3-8-23(10-11-24)19-22-16-7-6-14(20)12-17(16)27-19/h2,4-7,12H,3,8-11H2,1H3. The summed E-state index contributed by atoms with van der Waals surface area (Å²) in [5.74, 6) is 0. The number of benzene rings is 2. The summed E-state index contributed by atoms with van der Waals surface area (Å²) < 4.78 is 28.9. The molecule has 4 rings (SSSR count). The zero-order chi connectivity index (χ0) is 19.9. The van der Waals surface area contributed by atoms with Gasteiger partial charge in [-0.05, 0) is 49.2 Å². The maximum Gasteiger partial charge on any atom is 0.243 e. The number of hydrogen-bond donors (Lipinski definition) is 0. The first-order chi connectivity index (χ1) is 13.4. The van der Waals surface area contributed by atoms with E-state index < -0.39 is 10.0 Å². The molecule has 9 heteroatoms. The van der Waals surface area contributed by atoms with Crippen LogP contribution in [0.25, 0.3) is 10.2 Å². The molecule has 1 aliphatic heterocycles. The van der Waals surface area contributed by atoms with E-state index in [9.17, 15) is 8.42 Å². The van der Waals surface area contributed by atoms with E-state index in [4.69, 9.17) is 28.2 Å². The summed E-state index contributed by atoms with van der Waals surface area (Å²) in [4.78, 5) is 7.12. The molecule has 0 spiro atoms. The average molecular weight is 456 g/mol. The van der Waals surface area contributed by atoms with Crippen molar-refractivity contribution in [3.05, 3.63) is 52.0 Å². The highest BCUT2D eigenvalue weighted by molar-refractivity contribution is 7.89. The Morgan fingerprint density at radius 3 is 2.71 bits per heavy atom. The molecule has 2 heterocycles. The minimum atomic E-state index is -3.59. The number of thiazole rings is 1. The maximum atomic E-state index is 13.2. The molecule has 0 aliphatic carbocycles. The largest absolute Gasteiger partial charge is 0.347 e. The van der Waals surface area contributed by atoms with E-state index in [0.717, 1.165) is 28.3 Å². The van der Waals surface area contributed by atoms with E-state index in [1.165, 1.54) is 0 Å². The van der Waals surface area contributed by atoms with Crippen LogP contribution in [0.1, 0.15) is 12.0 Å². The summed E-state index contributed by atoms with van der Waals surface area (Å²) in [5, 5.41) is 2.05. The quantitative estimate of drug-likeness (QED) is 0.568. The summed E-state index contributed by atoms with van der Waals surface area (Å²) in [6.45, 7) is 3.97. The molecule has 0 amide bonds. The van der Waals surface area contributed by atoms with Gasteiger partial charge in [-0.25, -0.2) is 13.4 Å². The average Bonchev–Trinajstić information content (AvgIpc) is 2.90. The minimum Gasteiger partial charge on any atom is -0.347 e. The van der Waals surface area contributed by atoms with Gasteiger partial charge in [-0.15, -0.1) is 0 Å². The Hall–Kier alpha value is -1.38. The first-order valence-electron chi connectivity index (χ1n) is 8.92. The summed E-state index contributed by atoms with van der Waals surface area (Å²) in [5.41, 5.74) is 1.50. The van der Waals surface area contributed by atoms with Crippen LogP contribution < -0.4 is 4.90 Å². The van der Waals surface area contributed by atoms with Crippen LogP contribution in [0.5, 0.6) is 0 Å². The molecule has 1 aromatic heterocycles. The lowest BCUT2D eigenvalue weighted by atomic mass is 10.2. The lowest BCUT2D eigenvalue weighted by Gasteiger charge is -2.22. The fourth-order valence-electron chi connectivity index (χ4n) is 3.35. The third kappa shape index (κ3) is 3.74. The lowest BCUT2D eigenvalue weighted by molar-refractivity contribution is 0.433. The second-order valence-corrected chi connectivity index (χ2v) is 10.5. The van der Waals surface area contributed by atoms with Crippen molar-refractivity contribution in [2.45, 2.75) is 18.2 Å². The molecule has 0 bridgehead atoms. The molecular weight excluding hydrogens is 437 g/mol. The Bertz CT molecular complexity index is 1130. The van der Waals surface area contributed by atoms with Crippen molar-refractivity contribution < 1.29 is 8.42 Å². The monoisotopic (exact) mass is 455 g/mol. The molecule has 0 unspecified atom stereocenters. The topological polar surface area (TPSA) is 53.5 Å². The van der Waals surface area contributed by atoms with Crippen molar-refractivity contribution in [3.63, 3.8) is 0 Å². The van der Waals surface area contributed by atoms with Crippen LogP contribution in [0.2, 0.25) is 10.0 Å². The van der Waals surface area contributed by atoms with Gasteiger partial charge >= 0.3 is 0 Å². The molecule has 0 N–H and O–H groups in total. The van der Waals surface area contributed by atoms with E-state index in [-0.39, 0.29) is 4.90 Å². The molecule has 0 atom stereocenters. The van der Waals surface area contributed by atoms with Gasteiger partial charge in [0, 0.05) is 36.2 Å². The van der Waals surface area contributed by atoms with Crippen LogP contribution >= 0.6 is 34.5 Å². The van der Waals surface area contributed by atoms with Gasteiger partial charge in [0.1, 0.15) is 0 Å². The van der Waals surface area contributed by atoms with Crippen LogP contribution in [0.3, 0.4) is 0 Å². The Morgan fingerprint density at radius 2 is 1.89 bits per heavy atom. The van der Waals surface area contributed by atoms with Gasteiger partial charge in [0.2, 0.25) is 10.0 Å². The first kappa shape index (κ1) is 19.9. The first-order valence-corrected chi connectivity index (χ1v) is 11.9. The highest BCUT2D eigenvalue weighted by Gasteiger charge is 2.29. The van der Waals surface area contributed by atoms with Gasteiger partial charge in [-0.2, -0.15) is 4.31 Å². The number of sulfonamides is 1. The van der Waals surface area contributed by atoms with Crippen LogP contribution in [0.4, 0.5) is 5.13 Å². The SMILES string of the molecule is Cc1c(Cl)cccc1S(=O)(=O)N1CCCN(c2nc3ccc(Cl)cc3s2)CC1. The second-order valence-electron chi connectivity index (χ2n) is 6.72. The molecule has 3 aromatic rings. The molecule has 5 nitrogen and oxygen atoms in total. The fraction of sp³-hybridized carbons (Fsp3) is 0.316. The number of rotatable bonds is 3. The molecule has 148 valence electrons.